The predicted octanol–water partition coefficient (Wildman–Crippen LogP) is 8.78. The second-order valence-corrected chi connectivity index (χ2v) is 20.5. The maximum Gasteiger partial charge on any atom is 0.241 e. The predicted molar refractivity (Wildman–Crippen MR) is 257 cm³/mol. The molecule has 9 aromatic rings. The SMILES string of the molecule is Cc1cc(N2c3ccccc3C3(c4ccccc4Oc4ccccc43)c3ccccc32)cc(C)c1B1c2ccccc2[Si](c2ccccc2)(c2ccccc2)c2ccccc21. The summed E-state index contributed by atoms with van der Waals surface area (Å²) in [6.45, 7) is 4.74. The molecule has 0 saturated heterocycles. The van der Waals surface area contributed by atoms with Crippen LogP contribution in [0.5, 0.6) is 11.5 Å². The summed E-state index contributed by atoms with van der Waals surface area (Å²) in [6, 6.07) is 81.5. The van der Waals surface area contributed by atoms with Crippen LogP contribution in [0.2, 0.25) is 0 Å². The summed E-state index contributed by atoms with van der Waals surface area (Å²) in [5.74, 6) is 1.80. The number of hydrogen-bond donors (Lipinski definition) is 0. The van der Waals surface area contributed by atoms with Gasteiger partial charge in [-0.05, 0) is 82.1 Å². The number of anilines is 3. The summed E-state index contributed by atoms with van der Waals surface area (Å²) in [5, 5.41) is 5.78. The van der Waals surface area contributed by atoms with E-state index in [4.69, 9.17) is 4.74 Å². The van der Waals surface area contributed by atoms with Crippen molar-refractivity contribution in [2.24, 2.45) is 0 Å². The average molecular weight is 796 g/mol. The zero-order chi connectivity index (χ0) is 40.7. The van der Waals surface area contributed by atoms with Gasteiger partial charge in [-0.2, -0.15) is 0 Å². The molecule has 1 spiro atoms. The van der Waals surface area contributed by atoms with Gasteiger partial charge >= 0.3 is 0 Å². The van der Waals surface area contributed by atoms with Crippen LogP contribution in [0.4, 0.5) is 17.1 Å². The molecule has 0 atom stereocenters. The van der Waals surface area contributed by atoms with E-state index in [1.807, 2.05) is 0 Å². The molecule has 9 aromatic carbocycles. The lowest BCUT2D eigenvalue weighted by Crippen LogP contribution is -2.86. The second-order valence-electron chi connectivity index (χ2n) is 16.8. The Balaban J connectivity index is 1.07. The van der Waals surface area contributed by atoms with Crippen LogP contribution >= 0.6 is 0 Å². The van der Waals surface area contributed by atoms with Crippen LogP contribution in [0.3, 0.4) is 0 Å². The Morgan fingerprint density at radius 3 is 1.31 bits per heavy atom. The van der Waals surface area contributed by atoms with Gasteiger partial charge in [0.15, 0.2) is 8.07 Å². The Morgan fingerprint density at radius 2 is 0.820 bits per heavy atom. The Bertz CT molecular complexity index is 2970. The third-order valence-electron chi connectivity index (χ3n) is 13.8. The highest BCUT2D eigenvalue weighted by Gasteiger charge is 2.52. The molecule has 4 heteroatoms. The molecule has 0 aliphatic carbocycles. The van der Waals surface area contributed by atoms with Crippen molar-refractivity contribution < 1.29 is 4.74 Å². The molecule has 3 aliphatic heterocycles. The molecular weight excluding hydrogens is 754 g/mol. The van der Waals surface area contributed by atoms with E-state index in [1.165, 1.54) is 70.8 Å². The van der Waals surface area contributed by atoms with Crippen molar-refractivity contribution in [2.45, 2.75) is 19.3 Å². The van der Waals surface area contributed by atoms with Crippen LogP contribution in [-0.4, -0.2) is 14.8 Å². The van der Waals surface area contributed by atoms with E-state index in [-0.39, 0.29) is 6.71 Å². The van der Waals surface area contributed by atoms with Gasteiger partial charge in [0, 0.05) is 16.8 Å². The van der Waals surface area contributed by atoms with Gasteiger partial charge in [0.05, 0.1) is 16.8 Å². The minimum absolute atomic E-state index is 0.0777. The molecular formula is C57H42BNOSi. The summed E-state index contributed by atoms with van der Waals surface area (Å²) < 4.78 is 6.65. The smallest absolute Gasteiger partial charge is 0.241 e. The molecule has 288 valence electrons. The standard InChI is InChI=1S/C57H42BNOSi/c1-39-37-41(59-50-31-15-9-25-44(50)57(45-26-10-16-32-51(45)59)46-27-11-17-33-52(46)60-53-34-18-12-28-47(53)57)38-40(2)56(39)58-48-29-13-19-35-54(48)61(42-21-5-3-6-22-42,43-23-7-4-8-24-43)55-36-20-14-30-49(55)58/h3-38H,1-2H3. The quantitative estimate of drug-likeness (QED) is 0.165. The van der Waals surface area contributed by atoms with Crippen LogP contribution in [0.1, 0.15) is 33.4 Å². The highest BCUT2D eigenvalue weighted by Crippen LogP contribution is 2.62. The fraction of sp³-hybridized carbons (Fsp3) is 0.0526. The Hall–Kier alpha value is -7.14. The lowest BCUT2D eigenvalue weighted by molar-refractivity contribution is 0.434. The third kappa shape index (κ3) is 4.91. The Kier molecular flexibility index (Phi) is 8.04. The van der Waals surface area contributed by atoms with Gasteiger partial charge in [0.25, 0.3) is 0 Å². The van der Waals surface area contributed by atoms with Crippen molar-refractivity contribution in [3.05, 3.63) is 252 Å². The van der Waals surface area contributed by atoms with E-state index in [9.17, 15) is 0 Å². The number of para-hydroxylation sites is 4. The number of fused-ring (bicyclic) bond motifs is 10. The lowest BCUT2D eigenvalue weighted by Gasteiger charge is -2.48. The van der Waals surface area contributed by atoms with Gasteiger partial charge in [-0.15, -0.1) is 0 Å². The van der Waals surface area contributed by atoms with Crippen molar-refractivity contribution in [3.8, 4) is 11.5 Å². The summed E-state index contributed by atoms with van der Waals surface area (Å²) in [5.41, 5.74) is 14.5. The molecule has 61 heavy (non-hydrogen) atoms. The summed E-state index contributed by atoms with van der Waals surface area (Å²) in [6.07, 6.45) is 0. The first-order valence-corrected chi connectivity index (χ1v) is 23.4. The van der Waals surface area contributed by atoms with E-state index < -0.39 is 13.5 Å². The van der Waals surface area contributed by atoms with Gasteiger partial charge in [-0.25, -0.2) is 0 Å². The van der Waals surface area contributed by atoms with Gasteiger partial charge in [-0.1, -0.05) is 210 Å². The number of ether oxygens (including phenoxy) is 1. The number of aryl methyl sites for hydroxylation is 2. The monoisotopic (exact) mass is 795 g/mol. The summed E-state index contributed by atoms with van der Waals surface area (Å²) >= 11 is 0. The number of hydrogen-bond acceptors (Lipinski definition) is 2. The molecule has 0 N–H and O–H groups in total. The minimum Gasteiger partial charge on any atom is -0.457 e. The van der Waals surface area contributed by atoms with E-state index in [0.29, 0.717) is 0 Å². The van der Waals surface area contributed by atoms with Crippen molar-refractivity contribution in [1.29, 1.82) is 0 Å². The molecule has 0 amide bonds. The minimum atomic E-state index is -2.69. The maximum atomic E-state index is 6.65. The number of benzene rings is 9. The first kappa shape index (κ1) is 35.8. The summed E-state index contributed by atoms with van der Waals surface area (Å²) in [4.78, 5) is 2.51. The molecule has 0 unspecified atom stereocenters. The van der Waals surface area contributed by atoms with Crippen LogP contribution in [0.25, 0.3) is 0 Å². The zero-order valence-corrected chi connectivity index (χ0v) is 35.2. The normalized spacial score (nSPS) is 14.7. The molecule has 12 rings (SSSR count). The zero-order valence-electron chi connectivity index (χ0n) is 34.2. The second kappa shape index (κ2) is 13.7. The topological polar surface area (TPSA) is 12.5 Å². The lowest BCUT2D eigenvalue weighted by atomic mass is 9.35. The van der Waals surface area contributed by atoms with Gasteiger partial charge in [0.2, 0.25) is 6.71 Å². The van der Waals surface area contributed by atoms with E-state index in [2.05, 4.69) is 237 Å². The van der Waals surface area contributed by atoms with Crippen molar-refractivity contribution >= 4 is 69.0 Å². The van der Waals surface area contributed by atoms with Crippen molar-refractivity contribution in [1.82, 2.24) is 0 Å². The fourth-order valence-electron chi connectivity index (χ4n) is 11.6. The molecule has 2 nitrogen and oxygen atoms in total. The molecule has 0 radical (unpaired) electrons. The van der Waals surface area contributed by atoms with Gasteiger partial charge in [0.1, 0.15) is 11.5 Å². The summed E-state index contributed by atoms with van der Waals surface area (Å²) in [7, 11) is -2.69. The number of nitrogens with zero attached hydrogens (tertiary/aromatic N) is 1. The van der Waals surface area contributed by atoms with Crippen molar-refractivity contribution in [3.63, 3.8) is 0 Å². The van der Waals surface area contributed by atoms with Crippen LogP contribution < -0.4 is 46.8 Å². The third-order valence-corrected chi connectivity index (χ3v) is 18.7. The molecule has 0 bridgehead atoms. The molecule has 0 saturated carbocycles. The van der Waals surface area contributed by atoms with Crippen molar-refractivity contribution in [2.75, 3.05) is 4.90 Å². The first-order valence-electron chi connectivity index (χ1n) is 21.4. The Labute approximate surface area is 359 Å². The Morgan fingerprint density at radius 1 is 0.426 bits per heavy atom. The van der Waals surface area contributed by atoms with E-state index >= 15 is 0 Å². The molecule has 3 heterocycles. The average Bonchev–Trinajstić information content (AvgIpc) is 3.32. The highest BCUT2D eigenvalue weighted by atomic mass is 28.3. The van der Waals surface area contributed by atoms with Crippen LogP contribution in [0, 0.1) is 13.8 Å². The van der Waals surface area contributed by atoms with Crippen LogP contribution in [-0.2, 0) is 5.41 Å². The highest BCUT2D eigenvalue weighted by molar-refractivity contribution is 7.26. The van der Waals surface area contributed by atoms with Gasteiger partial charge < -0.3 is 9.64 Å². The molecule has 0 aromatic heterocycles. The fourth-order valence-corrected chi connectivity index (χ4v) is 16.9. The van der Waals surface area contributed by atoms with E-state index in [0.717, 1.165) is 28.3 Å². The van der Waals surface area contributed by atoms with Gasteiger partial charge in [-0.3, -0.25) is 0 Å². The molecule has 0 fully saturated rings. The largest absolute Gasteiger partial charge is 0.457 e. The van der Waals surface area contributed by atoms with Crippen LogP contribution in [0.15, 0.2) is 218 Å². The maximum absolute atomic E-state index is 6.65. The number of rotatable bonds is 4. The van der Waals surface area contributed by atoms with E-state index in [1.54, 1.807) is 0 Å². The first-order chi connectivity index (χ1) is 30.1. The molecule has 3 aliphatic rings.